The van der Waals surface area contributed by atoms with Gasteiger partial charge in [0.2, 0.25) is 5.88 Å². The molecule has 0 aliphatic heterocycles. The number of methoxy groups -OCH3 is 1. The van der Waals surface area contributed by atoms with Gasteiger partial charge in [0.25, 0.3) is 5.56 Å². The molecule has 4 nitrogen and oxygen atoms in total. The standard InChI is InChI=1S/C7H10N2O2/c1-3-5-4-6(11-2)8-9-7(5)10/h4H,3H2,1-2H3,(H,9,10). The molecule has 1 N–H and O–H groups in total. The summed E-state index contributed by atoms with van der Waals surface area (Å²) in [5.41, 5.74) is 0.546. The predicted octanol–water partition coefficient (Wildman–Crippen LogP) is 0.341. The molecule has 0 amide bonds. The first-order chi connectivity index (χ1) is 5.27. The van der Waals surface area contributed by atoms with Gasteiger partial charge in [0.05, 0.1) is 7.11 Å². The Morgan fingerprint density at radius 2 is 2.45 bits per heavy atom. The summed E-state index contributed by atoms with van der Waals surface area (Å²) >= 11 is 0. The van der Waals surface area contributed by atoms with Gasteiger partial charge in [-0.2, -0.15) is 0 Å². The van der Waals surface area contributed by atoms with Crippen LogP contribution in [0.2, 0.25) is 0 Å². The minimum Gasteiger partial charge on any atom is -0.480 e. The molecule has 11 heavy (non-hydrogen) atoms. The largest absolute Gasteiger partial charge is 0.480 e. The lowest BCUT2D eigenvalue weighted by atomic mass is 10.2. The summed E-state index contributed by atoms with van der Waals surface area (Å²) < 4.78 is 4.83. The first kappa shape index (κ1) is 7.78. The molecule has 0 saturated heterocycles. The maximum absolute atomic E-state index is 10.9. The van der Waals surface area contributed by atoms with E-state index in [9.17, 15) is 4.79 Å². The molecule has 4 heteroatoms. The maximum atomic E-state index is 10.9. The van der Waals surface area contributed by atoms with Crippen LogP contribution in [0.15, 0.2) is 10.9 Å². The summed E-state index contributed by atoms with van der Waals surface area (Å²) in [6.07, 6.45) is 0.689. The second kappa shape index (κ2) is 3.18. The van der Waals surface area contributed by atoms with Crippen molar-refractivity contribution >= 4 is 0 Å². The van der Waals surface area contributed by atoms with Gasteiger partial charge in [-0.1, -0.05) is 6.92 Å². The third-order valence-corrected chi connectivity index (χ3v) is 1.45. The van der Waals surface area contributed by atoms with Gasteiger partial charge >= 0.3 is 0 Å². The Morgan fingerprint density at radius 3 is 3.00 bits per heavy atom. The van der Waals surface area contributed by atoms with E-state index in [1.54, 1.807) is 6.07 Å². The Morgan fingerprint density at radius 1 is 1.73 bits per heavy atom. The van der Waals surface area contributed by atoms with E-state index in [1.807, 2.05) is 6.92 Å². The Labute approximate surface area is 64.2 Å². The van der Waals surface area contributed by atoms with Crippen molar-refractivity contribution in [3.8, 4) is 5.88 Å². The van der Waals surface area contributed by atoms with Crippen molar-refractivity contribution in [2.24, 2.45) is 0 Å². The lowest BCUT2D eigenvalue weighted by molar-refractivity contribution is 0.390. The lowest BCUT2D eigenvalue weighted by Gasteiger charge is -1.98. The number of hydrogen-bond donors (Lipinski definition) is 1. The van der Waals surface area contributed by atoms with Crippen LogP contribution in [0.25, 0.3) is 0 Å². The zero-order chi connectivity index (χ0) is 8.27. The second-order valence-electron chi connectivity index (χ2n) is 2.12. The fourth-order valence-corrected chi connectivity index (χ4v) is 0.792. The van der Waals surface area contributed by atoms with Crippen LogP contribution in [-0.2, 0) is 6.42 Å². The topological polar surface area (TPSA) is 55.0 Å². The van der Waals surface area contributed by atoms with E-state index in [1.165, 1.54) is 7.11 Å². The van der Waals surface area contributed by atoms with Crippen molar-refractivity contribution in [2.45, 2.75) is 13.3 Å². The van der Waals surface area contributed by atoms with Gasteiger partial charge in [0.15, 0.2) is 0 Å². The van der Waals surface area contributed by atoms with Crippen molar-refractivity contribution < 1.29 is 4.74 Å². The Hall–Kier alpha value is -1.32. The minimum absolute atomic E-state index is 0.145. The molecule has 1 heterocycles. The fraction of sp³-hybridized carbons (Fsp3) is 0.429. The average Bonchev–Trinajstić information content (AvgIpc) is 2.05. The highest BCUT2D eigenvalue weighted by molar-refractivity contribution is 5.16. The van der Waals surface area contributed by atoms with E-state index < -0.39 is 0 Å². The van der Waals surface area contributed by atoms with Crippen LogP contribution in [0.4, 0.5) is 0 Å². The highest BCUT2D eigenvalue weighted by atomic mass is 16.5. The third-order valence-electron chi connectivity index (χ3n) is 1.45. The zero-order valence-electron chi connectivity index (χ0n) is 6.55. The summed E-state index contributed by atoms with van der Waals surface area (Å²) in [7, 11) is 1.51. The van der Waals surface area contributed by atoms with Gasteiger partial charge in [-0.25, -0.2) is 5.10 Å². The van der Waals surface area contributed by atoms with Crippen LogP contribution in [0.3, 0.4) is 0 Å². The summed E-state index contributed by atoms with van der Waals surface area (Å²) in [5.74, 6) is 0.446. The fourth-order valence-electron chi connectivity index (χ4n) is 0.792. The van der Waals surface area contributed by atoms with Crippen LogP contribution in [0, 0.1) is 0 Å². The Kier molecular flexibility index (Phi) is 2.25. The van der Waals surface area contributed by atoms with E-state index >= 15 is 0 Å². The Balaban J connectivity index is 3.13. The number of ether oxygens (including phenoxy) is 1. The number of nitrogens with one attached hydrogen (secondary N) is 1. The summed E-state index contributed by atoms with van der Waals surface area (Å²) in [6.45, 7) is 1.91. The third kappa shape index (κ3) is 1.58. The maximum Gasteiger partial charge on any atom is 0.267 e. The molecule has 1 aromatic heterocycles. The van der Waals surface area contributed by atoms with E-state index in [0.29, 0.717) is 17.9 Å². The van der Waals surface area contributed by atoms with Gasteiger partial charge in [-0.15, -0.1) is 5.10 Å². The van der Waals surface area contributed by atoms with Gasteiger partial charge in [-0.05, 0) is 6.42 Å². The molecule has 0 saturated carbocycles. The number of nitrogens with zero attached hydrogens (tertiary/aromatic N) is 1. The van der Waals surface area contributed by atoms with Crippen LogP contribution in [0.5, 0.6) is 5.88 Å². The van der Waals surface area contributed by atoms with E-state index in [2.05, 4.69) is 10.2 Å². The summed E-state index contributed by atoms with van der Waals surface area (Å²) in [6, 6.07) is 1.64. The van der Waals surface area contributed by atoms with E-state index in [4.69, 9.17) is 4.74 Å². The normalized spacial score (nSPS) is 9.64. The molecule has 0 aliphatic carbocycles. The van der Waals surface area contributed by atoms with Crippen molar-refractivity contribution in [1.82, 2.24) is 10.2 Å². The zero-order valence-corrected chi connectivity index (χ0v) is 6.55. The van der Waals surface area contributed by atoms with Crippen molar-refractivity contribution in [3.05, 3.63) is 22.0 Å². The van der Waals surface area contributed by atoms with Gasteiger partial charge in [0, 0.05) is 11.6 Å². The molecule has 1 rings (SSSR count). The van der Waals surface area contributed by atoms with Gasteiger partial charge in [-0.3, -0.25) is 4.79 Å². The van der Waals surface area contributed by atoms with Gasteiger partial charge < -0.3 is 4.74 Å². The monoisotopic (exact) mass is 154 g/mol. The van der Waals surface area contributed by atoms with Crippen LogP contribution in [0.1, 0.15) is 12.5 Å². The first-order valence-electron chi connectivity index (χ1n) is 3.40. The van der Waals surface area contributed by atoms with Crippen molar-refractivity contribution in [3.63, 3.8) is 0 Å². The number of rotatable bonds is 2. The van der Waals surface area contributed by atoms with Crippen LogP contribution >= 0.6 is 0 Å². The molecule has 0 atom stereocenters. The molecule has 0 aromatic carbocycles. The molecule has 0 unspecified atom stereocenters. The first-order valence-corrected chi connectivity index (χ1v) is 3.40. The molecule has 1 aromatic rings. The second-order valence-corrected chi connectivity index (χ2v) is 2.12. The average molecular weight is 154 g/mol. The number of aromatic nitrogens is 2. The molecular formula is C7H10N2O2. The summed E-state index contributed by atoms with van der Waals surface area (Å²) in [5, 5.41) is 5.99. The SMILES string of the molecule is CCc1cc(OC)n[nH]c1=O. The van der Waals surface area contributed by atoms with E-state index in [0.717, 1.165) is 0 Å². The van der Waals surface area contributed by atoms with Crippen molar-refractivity contribution in [1.29, 1.82) is 0 Å². The molecular weight excluding hydrogens is 144 g/mol. The van der Waals surface area contributed by atoms with Crippen LogP contribution < -0.4 is 10.3 Å². The number of H-pyrrole nitrogens is 1. The van der Waals surface area contributed by atoms with Gasteiger partial charge in [0.1, 0.15) is 0 Å². The number of hydrogen-bond acceptors (Lipinski definition) is 3. The molecule has 60 valence electrons. The molecule has 0 bridgehead atoms. The number of aryl methyl sites for hydroxylation is 1. The lowest BCUT2D eigenvalue weighted by Crippen LogP contribution is -2.13. The molecule has 0 fully saturated rings. The number of aromatic amines is 1. The Bertz CT molecular complexity index is 293. The van der Waals surface area contributed by atoms with E-state index in [-0.39, 0.29) is 5.56 Å². The quantitative estimate of drug-likeness (QED) is 0.668. The summed E-state index contributed by atoms with van der Waals surface area (Å²) in [4.78, 5) is 10.9. The minimum atomic E-state index is -0.145. The van der Waals surface area contributed by atoms with Crippen LogP contribution in [-0.4, -0.2) is 17.3 Å². The molecule has 0 radical (unpaired) electrons. The highest BCUT2D eigenvalue weighted by Gasteiger charge is 1.99. The highest BCUT2D eigenvalue weighted by Crippen LogP contribution is 2.02. The molecule has 0 spiro atoms. The van der Waals surface area contributed by atoms with Crippen molar-refractivity contribution in [2.75, 3.05) is 7.11 Å². The smallest absolute Gasteiger partial charge is 0.267 e. The predicted molar refractivity (Wildman–Crippen MR) is 40.8 cm³/mol. The molecule has 0 aliphatic rings.